The van der Waals surface area contributed by atoms with Crippen LogP contribution in [0.2, 0.25) is 0 Å². The summed E-state index contributed by atoms with van der Waals surface area (Å²) in [6.45, 7) is 5.98. The zero-order valence-electron chi connectivity index (χ0n) is 13.0. The maximum atomic E-state index is 12.4. The standard InChI is InChI=1S/C16H20N4O3/c1-3-4-10-20-15(22)13(14(21)17-16(20)23)11(2)18-19-12-8-6-5-7-9-12/h5-9,13,18-19H,2-4,10H2,1H3,(H,17,21,23)/t13-/m0/s1. The molecular weight excluding hydrogens is 296 g/mol. The smallest absolute Gasteiger partial charge is 0.304 e. The van der Waals surface area contributed by atoms with Crippen LogP contribution in [0.1, 0.15) is 19.8 Å². The Labute approximate surface area is 134 Å². The Morgan fingerprint density at radius 2 is 1.96 bits per heavy atom. The first kappa shape index (κ1) is 16.5. The van der Waals surface area contributed by atoms with Crippen molar-refractivity contribution in [3.8, 4) is 0 Å². The highest BCUT2D eigenvalue weighted by molar-refractivity contribution is 6.17. The molecule has 4 amide bonds. The molecule has 0 aliphatic carbocycles. The van der Waals surface area contributed by atoms with Crippen molar-refractivity contribution in [1.29, 1.82) is 0 Å². The van der Waals surface area contributed by atoms with Crippen molar-refractivity contribution in [2.45, 2.75) is 19.8 Å². The van der Waals surface area contributed by atoms with E-state index in [-0.39, 0.29) is 12.2 Å². The number of carbonyl (C=O) groups excluding carboxylic acids is 3. The fraction of sp³-hybridized carbons (Fsp3) is 0.312. The van der Waals surface area contributed by atoms with Gasteiger partial charge in [-0.3, -0.25) is 19.8 Å². The fourth-order valence-electron chi connectivity index (χ4n) is 2.19. The normalized spacial score (nSPS) is 17.7. The van der Waals surface area contributed by atoms with E-state index in [0.717, 1.165) is 17.0 Å². The molecule has 0 aromatic heterocycles. The highest BCUT2D eigenvalue weighted by Gasteiger charge is 2.41. The molecule has 0 unspecified atom stereocenters. The second-order valence-corrected chi connectivity index (χ2v) is 5.21. The molecule has 0 spiro atoms. The largest absolute Gasteiger partial charge is 0.330 e. The Bertz CT molecular complexity index is 615. The number of carbonyl (C=O) groups is 3. The molecule has 1 aliphatic heterocycles. The number of imide groups is 2. The lowest BCUT2D eigenvalue weighted by Crippen LogP contribution is -2.59. The number of anilines is 1. The van der Waals surface area contributed by atoms with E-state index in [4.69, 9.17) is 0 Å². The summed E-state index contributed by atoms with van der Waals surface area (Å²) in [5.41, 5.74) is 6.57. The van der Waals surface area contributed by atoms with Gasteiger partial charge in [-0.2, -0.15) is 0 Å². The third kappa shape index (κ3) is 3.88. The minimum Gasteiger partial charge on any atom is -0.304 e. The van der Waals surface area contributed by atoms with Crippen molar-refractivity contribution in [2.75, 3.05) is 12.0 Å². The van der Waals surface area contributed by atoms with E-state index in [2.05, 4.69) is 22.7 Å². The molecule has 3 N–H and O–H groups in total. The Kier molecular flexibility index (Phi) is 5.35. The molecule has 122 valence electrons. The first-order valence-electron chi connectivity index (χ1n) is 7.46. The predicted octanol–water partition coefficient (Wildman–Crippen LogP) is 1.61. The number of nitrogens with zero attached hydrogens (tertiary/aromatic N) is 1. The highest BCUT2D eigenvalue weighted by Crippen LogP contribution is 2.17. The van der Waals surface area contributed by atoms with Gasteiger partial charge in [-0.1, -0.05) is 38.1 Å². The number of amides is 4. The van der Waals surface area contributed by atoms with Gasteiger partial charge in [0.15, 0.2) is 5.92 Å². The molecule has 7 heteroatoms. The average molecular weight is 316 g/mol. The summed E-state index contributed by atoms with van der Waals surface area (Å²) in [6.07, 6.45) is 1.52. The molecule has 1 aromatic rings. The molecule has 1 heterocycles. The average Bonchev–Trinajstić information content (AvgIpc) is 2.53. The molecule has 1 fully saturated rings. The lowest BCUT2D eigenvalue weighted by atomic mass is 10.0. The van der Waals surface area contributed by atoms with Crippen LogP contribution >= 0.6 is 0 Å². The van der Waals surface area contributed by atoms with E-state index in [0.29, 0.717) is 6.42 Å². The molecule has 0 saturated carbocycles. The van der Waals surface area contributed by atoms with Crippen LogP contribution < -0.4 is 16.2 Å². The van der Waals surface area contributed by atoms with E-state index < -0.39 is 23.8 Å². The van der Waals surface area contributed by atoms with Crippen LogP contribution in [0.25, 0.3) is 0 Å². The number of hydrazine groups is 1. The number of benzene rings is 1. The summed E-state index contributed by atoms with van der Waals surface area (Å²) in [5, 5.41) is 2.20. The first-order chi connectivity index (χ1) is 11.0. The van der Waals surface area contributed by atoms with Crippen LogP contribution in [0, 0.1) is 5.92 Å². The molecule has 1 aromatic carbocycles. The van der Waals surface area contributed by atoms with E-state index in [1.807, 2.05) is 37.3 Å². The third-order valence-corrected chi connectivity index (χ3v) is 3.48. The van der Waals surface area contributed by atoms with Crippen LogP contribution in [0.3, 0.4) is 0 Å². The number of urea groups is 1. The van der Waals surface area contributed by atoms with Crippen LogP contribution in [-0.4, -0.2) is 29.3 Å². The van der Waals surface area contributed by atoms with Crippen molar-refractivity contribution >= 4 is 23.5 Å². The molecule has 0 radical (unpaired) electrons. The summed E-state index contributed by atoms with van der Waals surface area (Å²) in [4.78, 5) is 37.2. The van der Waals surface area contributed by atoms with E-state index >= 15 is 0 Å². The van der Waals surface area contributed by atoms with Crippen molar-refractivity contribution in [3.63, 3.8) is 0 Å². The van der Waals surface area contributed by atoms with Crippen LogP contribution in [-0.2, 0) is 9.59 Å². The number of unbranched alkanes of at least 4 members (excludes halogenated alkanes) is 1. The second kappa shape index (κ2) is 7.44. The van der Waals surface area contributed by atoms with E-state index in [9.17, 15) is 14.4 Å². The zero-order chi connectivity index (χ0) is 16.8. The number of para-hydroxylation sites is 1. The molecule has 1 aliphatic rings. The number of nitrogens with one attached hydrogen (secondary N) is 3. The lowest BCUT2D eigenvalue weighted by Gasteiger charge is -2.31. The van der Waals surface area contributed by atoms with Gasteiger partial charge in [0.1, 0.15) is 0 Å². The van der Waals surface area contributed by atoms with Gasteiger partial charge in [-0.05, 0) is 18.6 Å². The molecule has 0 bridgehead atoms. The van der Waals surface area contributed by atoms with Crippen molar-refractivity contribution in [3.05, 3.63) is 42.6 Å². The van der Waals surface area contributed by atoms with Gasteiger partial charge >= 0.3 is 6.03 Å². The molecule has 23 heavy (non-hydrogen) atoms. The molecule has 1 atom stereocenters. The monoisotopic (exact) mass is 316 g/mol. The minimum absolute atomic E-state index is 0.186. The number of hydrogen-bond donors (Lipinski definition) is 3. The van der Waals surface area contributed by atoms with Gasteiger partial charge in [0.25, 0.3) is 0 Å². The maximum Gasteiger partial charge on any atom is 0.330 e. The van der Waals surface area contributed by atoms with Gasteiger partial charge in [-0.15, -0.1) is 0 Å². The SMILES string of the molecule is C=C(NNc1ccccc1)[C@H]1C(=O)NC(=O)N(CCCC)C1=O. The van der Waals surface area contributed by atoms with Crippen molar-refractivity contribution in [1.82, 2.24) is 15.6 Å². The van der Waals surface area contributed by atoms with Gasteiger partial charge in [-0.25, -0.2) is 4.79 Å². The van der Waals surface area contributed by atoms with Crippen molar-refractivity contribution in [2.24, 2.45) is 5.92 Å². The summed E-state index contributed by atoms with van der Waals surface area (Å²) in [5.74, 6) is -2.36. The van der Waals surface area contributed by atoms with Crippen molar-refractivity contribution < 1.29 is 14.4 Å². The predicted molar refractivity (Wildman–Crippen MR) is 86.0 cm³/mol. The molecule has 7 nitrogen and oxygen atoms in total. The number of rotatable bonds is 7. The summed E-state index contributed by atoms with van der Waals surface area (Å²) < 4.78 is 0. The fourth-order valence-corrected chi connectivity index (χ4v) is 2.19. The number of hydrogen-bond acceptors (Lipinski definition) is 5. The summed E-state index contributed by atoms with van der Waals surface area (Å²) in [7, 11) is 0. The van der Waals surface area contributed by atoms with Gasteiger partial charge in [0.2, 0.25) is 11.8 Å². The van der Waals surface area contributed by atoms with Gasteiger partial charge < -0.3 is 10.9 Å². The minimum atomic E-state index is -1.14. The third-order valence-electron chi connectivity index (χ3n) is 3.48. The van der Waals surface area contributed by atoms with Crippen LogP contribution in [0.15, 0.2) is 42.6 Å². The molecule has 1 saturated heterocycles. The van der Waals surface area contributed by atoms with E-state index in [1.54, 1.807) is 0 Å². The summed E-state index contributed by atoms with van der Waals surface area (Å²) in [6, 6.07) is 8.52. The maximum absolute atomic E-state index is 12.4. The number of barbiturate groups is 1. The highest BCUT2D eigenvalue weighted by atomic mass is 16.2. The lowest BCUT2D eigenvalue weighted by molar-refractivity contribution is -0.141. The topological polar surface area (TPSA) is 90.5 Å². The van der Waals surface area contributed by atoms with E-state index in [1.165, 1.54) is 0 Å². The van der Waals surface area contributed by atoms with Gasteiger partial charge in [0, 0.05) is 12.2 Å². The molecule has 2 rings (SSSR count). The summed E-state index contributed by atoms with van der Waals surface area (Å²) >= 11 is 0. The Morgan fingerprint density at radius 1 is 1.26 bits per heavy atom. The Balaban J connectivity index is 2.03. The Morgan fingerprint density at radius 3 is 2.61 bits per heavy atom. The molecular formula is C16H20N4O3. The first-order valence-corrected chi connectivity index (χ1v) is 7.46. The Hall–Kier alpha value is -2.83. The quantitative estimate of drug-likeness (QED) is 0.525. The second-order valence-electron chi connectivity index (χ2n) is 5.21. The van der Waals surface area contributed by atoms with Gasteiger partial charge in [0.05, 0.1) is 5.69 Å². The zero-order valence-corrected chi connectivity index (χ0v) is 13.0. The van der Waals surface area contributed by atoms with Crippen LogP contribution in [0.4, 0.5) is 10.5 Å². The van der Waals surface area contributed by atoms with Crippen LogP contribution in [0.5, 0.6) is 0 Å².